The molecule has 4 heteroatoms. The molecule has 0 aliphatic carbocycles. The second kappa shape index (κ2) is 4.23. The molecule has 4 nitrogen and oxygen atoms in total. The van der Waals surface area contributed by atoms with Gasteiger partial charge in [0.15, 0.2) is 5.89 Å². The van der Waals surface area contributed by atoms with Crippen molar-refractivity contribution in [2.45, 2.75) is 13.0 Å². The summed E-state index contributed by atoms with van der Waals surface area (Å²) in [6, 6.07) is 0. The maximum Gasteiger partial charge on any atom is 0.195 e. The molecule has 68 valence electrons. The zero-order chi connectivity index (χ0) is 8.97. The molecule has 0 spiro atoms. The molecule has 1 rings (SSSR count). The van der Waals surface area contributed by atoms with Crippen molar-refractivity contribution in [3.63, 3.8) is 0 Å². The first-order chi connectivity index (χ1) is 5.72. The summed E-state index contributed by atoms with van der Waals surface area (Å²) < 4.78 is 5.32. The van der Waals surface area contributed by atoms with E-state index < -0.39 is 0 Å². The van der Waals surface area contributed by atoms with Crippen LogP contribution < -0.4 is 5.73 Å². The summed E-state index contributed by atoms with van der Waals surface area (Å²) in [5, 5.41) is 0. The van der Waals surface area contributed by atoms with Crippen LogP contribution in [-0.4, -0.2) is 30.5 Å². The van der Waals surface area contributed by atoms with Gasteiger partial charge in [0.05, 0.1) is 12.7 Å². The lowest BCUT2D eigenvalue weighted by Crippen LogP contribution is -2.15. The Labute approximate surface area is 72.4 Å². The van der Waals surface area contributed by atoms with E-state index in [2.05, 4.69) is 9.88 Å². The van der Waals surface area contributed by atoms with Gasteiger partial charge in [0.25, 0.3) is 0 Å². The molecule has 0 fully saturated rings. The van der Waals surface area contributed by atoms with Crippen LogP contribution in [0.15, 0.2) is 10.6 Å². The summed E-state index contributed by atoms with van der Waals surface area (Å²) in [6.45, 7) is 1.37. The van der Waals surface area contributed by atoms with Crippen LogP contribution in [0, 0.1) is 0 Å². The van der Waals surface area contributed by atoms with Crippen molar-refractivity contribution < 1.29 is 4.42 Å². The topological polar surface area (TPSA) is 55.3 Å². The molecule has 0 unspecified atom stereocenters. The molecule has 0 saturated heterocycles. The van der Waals surface area contributed by atoms with Gasteiger partial charge in [-0.3, -0.25) is 0 Å². The van der Waals surface area contributed by atoms with Gasteiger partial charge in [0.1, 0.15) is 5.76 Å². The quantitative estimate of drug-likeness (QED) is 0.701. The van der Waals surface area contributed by atoms with Gasteiger partial charge in [-0.05, 0) is 14.1 Å². The predicted octanol–water partition coefficient (Wildman–Crippen LogP) is 0.237. The highest BCUT2D eigenvalue weighted by atomic mass is 16.4. The summed E-state index contributed by atoms with van der Waals surface area (Å²) in [6.07, 6.45) is 2.53. The van der Waals surface area contributed by atoms with Gasteiger partial charge in [-0.25, -0.2) is 4.98 Å². The Morgan fingerprint density at radius 3 is 2.83 bits per heavy atom. The molecule has 0 amide bonds. The van der Waals surface area contributed by atoms with Crippen LogP contribution in [0.2, 0.25) is 0 Å². The molecular weight excluding hydrogens is 154 g/mol. The minimum atomic E-state index is 0.426. The normalized spacial score (nSPS) is 11.0. The number of hydrogen-bond acceptors (Lipinski definition) is 4. The lowest BCUT2D eigenvalue weighted by molar-refractivity contribution is 0.377. The Morgan fingerprint density at radius 2 is 2.33 bits per heavy atom. The van der Waals surface area contributed by atoms with Crippen molar-refractivity contribution in [1.82, 2.24) is 9.88 Å². The SMILES string of the molecule is CN(C)CCc1ncc(CN)o1. The predicted molar refractivity (Wildman–Crippen MR) is 46.7 cm³/mol. The minimum absolute atomic E-state index is 0.426. The number of nitrogens with zero attached hydrogens (tertiary/aromatic N) is 2. The summed E-state index contributed by atoms with van der Waals surface area (Å²) in [7, 11) is 4.04. The van der Waals surface area contributed by atoms with Crippen LogP contribution in [-0.2, 0) is 13.0 Å². The summed E-state index contributed by atoms with van der Waals surface area (Å²) in [5.41, 5.74) is 5.37. The summed E-state index contributed by atoms with van der Waals surface area (Å²) in [4.78, 5) is 6.18. The van der Waals surface area contributed by atoms with Crippen LogP contribution in [0.5, 0.6) is 0 Å². The van der Waals surface area contributed by atoms with E-state index in [0.29, 0.717) is 6.54 Å². The fraction of sp³-hybridized carbons (Fsp3) is 0.625. The van der Waals surface area contributed by atoms with E-state index in [1.807, 2.05) is 14.1 Å². The number of nitrogens with two attached hydrogens (primary N) is 1. The first-order valence-corrected chi connectivity index (χ1v) is 4.00. The second-order valence-corrected chi connectivity index (χ2v) is 2.98. The number of hydrogen-bond donors (Lipinski definition) is 1. The van der Waals surface area contributed by atoms with Gasteiger partial charge >= 0.3 is 0 Å². The summed E-state index contributed by atoms with van der Waals surface area (Å²) >= 11 is 0. The van der Waals surface area contributed by atoms with Crippen molar-refractivity contribution in [3.05, 3.63) is 17.8 Å². The highest BCUT2D eigenvalue weighted by Crippen LogP contribution is 2.03. The molecule has 0 radical (unpaired) electrons. The maximum atomic E-state index is 5.37. The molecule has 0 atom stereocenters. The second-order valence-electron chi connectivity index (χ2n) is 2.98. The van der Waals surface area contributed by atoms with Crippen LogP contribution in [0.3, 0.4) is 0 Å². The fourth-order valence-electron chi connectivity index (χ4n) is 0.877. The number of rotatable bonds is 4. The lowest BCUT2D eigenvalue weighted by atomic mass is 10.4. The van der Waals surface area contributed by atoms with Crippen LogP contribution >= 0.6 is 0 Å². The third-order valence-corrected chi connectivity index (χ3v) is 1.58. The molecule has 0 saturated carbocycles. The first kappa shape index (κ1) is 9.22. The Hall–Kier alpha value is -0.870. The Morgan fingerprint density at radius 1 is 1.58 bits per heavy atom. The van der Waals surface area contributed by atoms with Crippen LogP contribution in [0.25, 0.3) is 0 Å². The van der Waals surface area contributed by atoms with Crippen LogP contribution in [0.1, 0.15) is 11.7 Å². The van der Waals surface area contributed by atoms with E-state index in [-0.39, 0.29) is 0 Å². The summed E-state index contributed by atoms with van der Waals surface area (Å²) in [5.74, 6) is 1.52. The lowest BCUT2D eigenvalue weighted by Gasteiger charge is -2.05. The Kier molecular flexibility index (Phi) is 3.25. The fourth-order valence-corrected chi connectivity index (χ4v) is 0.877. The highest BCUT2D eigenvalue weighted by Gasteiger charge is 2.01. The molecule has 1 aromatic heterocycles. The smallest absolute Gasteiger partial charge is 0.195 e. The zero-order valence-corrected chi connectivity index (χ0v) is 7.58. The average Bonchev–Trinajstić information content (AvgIpc) is 2.48. The first-order valence-electron chi connectivity index (χ1n) is 4.00. The molecule has 0 aliphatic rings. The van der Waals surface area contributed by atoms with Crippen molar-refractivity contribution >= 4 is 0 Å². The number of likely N-dealkylation sites (N-methyl/N-ethyl adjacent to an activating group) is 1. The van der Waals surface area contributed by atoms with E-state index in [4.69, 9.17) is 10.2 Å². The maximum absolute atomic E-state index is 5.37. The average molecular weight is 169 g/mol. The minimum Gasteiger partial charge on any atom is -0.444 e. The van der Waals surface area contributed by atoms with E-state index in [0.717, 1.165) is 24.6 Å². The van der Waals surface area contributed by atoms with Gasteiger partial charge in [0.2, 0.25) is 0 Å². The van der Waals surface area contributed by atoms with E-state index in [9.17, 15) is 0 Å². The molecular formula is C8H15N3O. The van der Waals surface area contributed by atoms with Gasteiger partial charge in [-0.2, -0.15) is 0 Å². The number of aromatic nitrogens is 1. The van der Waals surface area contributed by atoms with Crippen LogP contribution in [0.4, 0.5) is 0 Å². The zero-order valence-electron chi connectivity index (χ0n) is 7.58. The largest absolute Gasteiger partial charge is 0.444 e. The molecule has 1 aromatic rings. The third kappa shape index (κ3) is 2.64. The van der Waals surface area contributed by atoms with E-state index in [1.165, 1.54) is 0 Å². The Bertz CT molecular complexity index is 232. The van der Waals surface area contributed by atoms with Crippen molar-refractivity contribution in [3.8, 4) is 0 Å². The van der Waals surface area contributed by atoms with Crippen molar-refractivity contribution in [2.24, 2.45) is 5.73 Å². The molecule has 0 aliphatic heterocycles. The van der Waals surface area contributed by atoms with Gasteiger partial charge in [-0.15, -0.1) is 0 Å². The molecule has 2 N–H and O–H groups in total. The molecule has 0 aromatic carbocycles. The molecule has 12 heavy (non-hydrogen) atoms. The van der Waals surface area contributed by atoms with E-state index in [1.54, 1.807) is 6.20 Å². The van der Waals surface area contributed by atoms with Crippen molar-refractivity contribution in [2.75, 3.05) is 20.6 Å². The molecule has 1 heterocycles. The highest BCUT2D eigenvalue weighted by molar-refractivity contribution is 4.93. The standard InChI is InChI=1S/C8H15N3O/c1-11(2)4-3-8-10-6-7(5-9)12-8/h6H,3-5,9H2,1-2H3. The van der Waals surface area contributed by atoms with Gasteiger partial charge in [0, 0.05) is 13.0 Å². The monoisotopic (exact) mass is 169 g/mol. The third-order valence-electron chi connectivity index (χ3n) is 1.58. The Balaban J connectivity index is 2.41. The molecule has 0 bridgehead atoms. The van der Waals surface area contributed by atoms with Gasteiger partial charge < -0.3 is 15.1 Å². The van der Waals surface area contributed by atoms with Crippen molar-refractivity contribution in [1.29, 1.82) is 0 Å². The van der Waals surface area contributed by atoms with E-state index >= 15 is 0 Å². The number of oxazole rings is 1. The van der Waals surface area contributed by atoms with Gasteiger partial charge in [-0.1, -0.05) is 0 Å².